The summed E-state index contributed by atoms with van der Waals surface area (Å²) in [5, 5.41) is 5.70. The van der Waals surface area contributed by atoms with Crippen LogP contribution in [0.1, 0.15) is 25.3 Å². The van der Waals surface area contributed by atoms with Gasteiger partial charge in [0.1, 0.15) is 5.75 Å². The predicted octanol–water partition coefficient (Wildman–Crippen LogP) is 5.93. The molecule has 0 aliphatic rings. The van der Waals surface area contributed by atoms with Gasteiger partial charge in [-0.25, -0.2) is 18.0 Å². The van der Waals surface area contributed by atoms with Crippen LogP contribution in [0.5, 0.6) is 5.75 Å². The van der Waals surface area contributed by atoms with Crippen LogP contribution in [0.4, 0.5) is 21.0 Å². The molecule has 0 saturated heterocycles. The van der Waals surface area contributed by atoms with Crippen LogP contribution < -0.4 is 15.4 Å². The molecule has 2 N–H and O–H groups in total. The minimum atomic E-state index is -4.49. The maximum atomic E-state index is 13.1. The number of rotatable bonds is 9. The smallest absolute Gasteiger partial charge is 0.344 e. The summed E-state index contributed by atoms with van der Waals surface area (Å²) < 4.78 is 32.0. The van der Waals surface area contributed by atoms with Gasteiger partial charge in [0, 0.05) is 11.4 Å². The summed E-state index contributed by atoms with van der Waals surface area (Å²) in [4.78, 5) is 25.8. The summed E-state index contributed by atoms with van der Waals surface area (Å²) in [5.74, 6) is 0.671. The molecule has 0 spiro atoms. The highest BCUT2D eigenvalue weighted by Gasteiger charge is 2.32. The van der Waals surface area contributed by atoms with Gasteiger partial charge in [0.05, 0.1) is 12.0 Å². The number of nitrogens with zero attached hydrogens (tertiary/aromatic N) is 1. The average Bonchev–Trinajstić information content (AvgIpc) is 2.85. The molecule has 0 radical (unpaired) electrons. The van der Waals surface area contributed by atoms with Gasteiger partial charge in [-0.15, -0.1) is 4.31 Å². The maximum Gasteiger partial charge on any atom is 0.344 e. The molecule has 0 saturated carbocycles. The van der Waals surface area contributed by atoms with Gasteiger partial charge in [0.25, 0.3) is 10.0 Å². The van der Waals surface area contributed by atoms with Crippen molar-refractivity contribution >= 4 is 39.5 Å². The first kappa shape index (κ1) is 25.5. The topological polar surface area (TPSA) is 105 Å². The number of imide groups is 1. The predicted molar refractivity (Wildman–Crippen MR) is 138 cm³/mol. The van der Waals surface area contributed by atoms with Gasteiger partial charge in [-0.1, -0.05) is 61.9 Å². The van der Waals surface area contributed by atoms with Crippen molar-refractivity contribution in [2.75, 3.05) is 17.2 Å². The molecule has 0 aliphatic carbocycles. The fraction of sp³-hybridized carbons (Fsp3) is 0.154. The lowest BCUT2D eigenvalue weighted by molar-refractivity contribution is 0.223. The third-order valence-corrected chi connectivity index (χ3v) is 6.07. The number of urea groups is 2. The molecule has 0 fully saturated rings. The molecule has 0 bridgehead atoms. The Balaban J connectivity index is 1.81. The number of carbonyl (C=O) groups is 2. The molecule has 9 heteroatoms. The van der Waals surface area contributed by atoms with Gasteiger partial charge in [-0.05, 0) is 54.5 Å². The second-order valence-electron chi connectivity index (χ2n) is 7.48. The average molecular weight is 494 g/mol. The molecule has 0 heterocycles. The summed E-state index contributed by atoms with van der Waals surface area (Å²) in [6.07, 6.45) is 3.26. The van der Waals surface area contributed by atoms with Crippen molar-refractivity contribution in [3.63, 3.8) is 0 Å². The lowest BCUT2D eigenvalue weighted by Gasteiger charge is -2.20. The van der Waals surface area contributed by atoms with Crippen LogP contribution in [0.15, 0.2) is 90.3 Å². The van der Waals surface area contributed by atoms with E-state index in [-0.39, 0.29) is 4.31 Å². The number of sulfonamides is 1. The van der Waals surface area contributed by atoms with Gasteiger partial charge in [-0.3, -0.25) is 0 Å². The largest absolute Gasteiger partial charge is 0.494 e. The van der Waals surface area contributed by atoms with Crippen LogP contribution in [0.25, 0.3) is 6.08 Å². The highest BCUT2D eigenvalue weighted by molar-refractivity contribution is 7.93. The van der Waals surface area contributed by atoms with Crippen LogP contribution in [0, 0.1) is 0 Å². The summed E-state index contributed by atoms with van der Waals surface area (Å²) in [6, 6.07) is 21.1. The molecule has 182 valence electrons. The zero-order chi connectivity index (χ0) is 25.1. The number of benzene rings is 3. The zero-order valence-corrected chi connectivity index (χ0v) is 20.1. The van der Waals surface area contributed by atoms with Crippen LogP contribution in [-0.2, 0) is 10.0 Å². The molecular weight excluding hydrogens is 466 g/mol. The first-order chi connectivity index (χ1) is 16.9. The monoisotopic (exact) mass is 493 g/mol. The Morgan fingerprint density at radius 2 is 1.34 bits per heavy atom. The van der Waals surface area contributed by atoms with E-state index in [1.54, 1.807) is 84.9 Å². The van der Waals surface area contributed by atoms with E-state index in [1.807, 2.05) is 0 Å². The summed E-state index contributed by atoms with van der Waals surface area (Å²) in [6.45, 7) is 2.67. The molecule has 0 aromatic heterocycles. The lowest BCUT2D eigenvalue weighted by Crippen LogP contribution is -2.45. The van der Waals surface area contributed by atoms with E-state index >= 15 is 0 Å². The number of carbonyl (C=O) groups excluding carboxylic acids is 2. The molecule has 0 aliphatic heterocycles. The summed E-state index contributed by atoms with van der Waals surface area (Å²) >= 11 is 0. The van der Waals surface area contributed by atoms with Crippen molar-refractivity contribution in [3.8, 4) is 5.75 Å². The van der Waals surface area contributed by atoms with E-state index < -0.39 is 22.1 Å². The summed E-state index contributed by atoms with van der Waals surface area (Å²) in [5.41, 5.74) is 1.24. The highest BCUT2D eigenvalue weighted by atomic mass is 32.2. The zero-order valence-electron chi connectivity index (χ0n) is 19.3. The van der Waals surface area contributed by atoms with Crippen molar-refractivity contribution in [2.24, 2.45) is 0 Å². The van der Waals surface area contributed by atoms with Crippen LogP contribution in [0.3, 0.4) is 0 Å². The molecular formula is C26H27N3O5S. The number of ether oxygens (including phenoxy) is 1. The normalized spacial score (nSPS) is 11.1. The molecule has 35 heavy (non-hydrogen) atoms. The minimum Gasteiger partial charge on any atom is -0.494 e. The number of hydrogen-bond donors (Lipinski definition) is 2. The molecule has 3 aromatic carbocycles. The SMILES string of the molecule is CCCCOc1ccc(/C=C/S(=O)(=O)N(C(=O)Nc2ccccc2)C(=O)Nc2ccccc2)cc1. The Bertz CT molecular complexity index is 1190. The van der Waals surface area contributed by atoms with Crippen molar-refractivity contribution in [2.45, 2.75) is 19.8 Å². The van der Waals surface area contributed by atoms with Crippen LogP contribution in [-0.4, -0.2) is 31.4 Å². The number of unbranched alkanes of at least 4 members (excludes halogenated alkanes) is 1. The van der Waals surface area contributed by atoms with Crippen molar-refractivity contribution in [3.05, 3.63) is 95.9 Å². The standard InChI is InChI=1S/C26H27N3O5S/c1-2-3-19-34-24-16-14-21(15-17-24)18-20-35(32,33)29(25(30)27-22-10-6-4-7-11-22)26(31)28-23-12-8-5-9-13-23/h4-18,20H,2-3,19H2,1H3,(H,27,30)(H,28,31)/b20-18+. The number of anilines is 2. The molecule has 8 nitrogen and oxygen atoms in total. The number of hydrogen-bond acceptors (Lipinski definition) is 5. The maximum absolute atomic E-state index is 13.1. The van der Waals surface area contributed by atoms with E-state index in [9.17, 15) is 18.0 Å². The minimum absolute atomic E-state index is 0.158. The van der Waals surface area contributed by atoms with E-state index in [1.165, 1.54) is 6.08 Å². The Hall–Kier alpha value is -4.11. The van der Waals surface area contributed by atoms with E-state index in [2.05, 4.69) is 17.6 Å². The third kappa shape index (κ3) is 7.72. The second-order valence-corrected chi connectivity index (χ2v) is 9.14. The third-order valence-electron chi connectivity index (χ3n) is 4.75. The molecule has 3 rings (SSSR count). The molecule has 0 unspecified atom stereocenters. The number of para-hydroxylation sites is 2. The fourth-order valence-electron chi connectivity index (χ4n) is 2.95. The van der Waals surface area contributed by atoms with Gasteiger partial charge in [0.2, 0.25) is 0 Å². The van der Waals surface area contributed by atoms with E-state index in [4.69, 9.17) is 4.74 Å². The van der Waals surface area contributed by atoms with Crippen LogP contribution in [0.2, 0.25) is 0 Å². The van der Waals surface area contributed by atoms with Gasteiger partial charge in [-0.2, -0.15) is 0 Å². The second kappa shape index (κ2) is 12.4. The van der Waals surface area contributed by atoms with Crippen molar-refractivity contribution in [1.82, 2.24) is 4.31 Å². The Morgan fingerprint density at radius 3 is 1.83 bits per heavy atom. The Kier molecular flexibility index (Phi) is 9.02. The molecule has 0 atom stereocenters. The van der Waals surface area contributed by atoms with Crippen LogP contribution >= 0.6 is 0 Å². The lowest BCUT2D eigenvalue weighted by atomic mass is 10.2. The van der Waals surface area contributed by atoms with Crippen molar-refractivity contribution in [1.29, 1.82) is 0 Å². The van der Waals surface area contributed by atoms with Gasteiger partial charge >= 0.3 is 12.1 Å². The molecule has 4 amide bonds. The number of nitrogens with one attached hydrogen (secondary N) is 2. The Labute approximate surface area is 205 Å². The summed E-state index contributed by atoms with van der Waals surface area (Å²) in [7, 11) is -4.49. The van der Waals surface area contributed by atoms with E-state index in [0.29, 0.717) is 29.3 Å². The Morgan fingerprint density at radius 1 is 0.829 bits per heavy atom. The quantitative estimate of drug-likeness (QED) is 0.359. The molecule has 3 aromatic rings. The number of amides is 4. The highest BCUT2D eigenvalue weighted by Crippen LogP contribution is 2.17. The van der Waals surface area contributed by atoms with Gasteiger partial charge in [0.15, 0.2) is 0 Å². The van der Waals surface area contributed by atoms with E-state index in [0.717, 1.165) is 18.2 Å². The van der Waals surface area contributed by atoms with Crippen molar-refractivity contribution < 1.29 is 22.7 Å². The fourth-order valence-corrected chi connectivity index (χ4v) is 3.95. The van der Waals surface area contributed by atoms with Gasteiger partial charge < -0.3 is 15.4 Å². The first-order valence-electron chi connectivity index (χ1n) is 11.1. The first-order valence-corrected chi connectivity index (χ1v) is 12.6.